The first-order chi connectivity index (χ1) is 9.66. The second-order valence-electron chi connectivity index (χ2n) is 5.05. The maximum Gasteiger partial charge on any atom is 0.0558 e. The Labute approximate surface area is 133 Å². The minimum atomic E-state index is -0.0878. The molecule has 0 aromatic heterocycles. The molecule has 2 heteroatoms. The predicted molar refractivity (Wildman–Crippen MR) is 93.9 cm³/mol. The molecular weight excluding hydrogens is 357 g/mol. The van der Waals surface area contributed by atoms with Crippen molar-refractivity contribution in [2.24, 2.45) is 5.73 Å². The van der Waals surface area contributed by atoms with Crippen molar-refractivity contribution in [1.82, 2.24) is 0 Å². The van der Waals surface area contributed by atoms with Crippen LogP contribution in [0.25, 0.3) is 10.8 Å². The number of benzene rings is 3. The van der Waals surface area contributed by atoms with Crippen LogP contribution in [0.1, 0.15) is 22.7 Å². The summed E-state index contributed by atoms with van der Waals surface area (Å²) in [7, 11) is 0. The van der Waals surface area contributed by atoms with Gasteiger partial charge in [-0.15, -0.1) is 0 Å². The lowest BCUT2D eigenvalue weighted by atomic mass is 9.92. The second kappa shape index (κ2) is 5.54. The highest BCUT2D eigenvalue weighted by Crippen LogP contribution is 2.29. The molecule has 1 unspecified atom stereocenters. The Morgan fingerprint density at radius 1 is 0.900 bits per heavy atom. The van der Waals surface area contributed by atoms with E-state index >= 15 is 0 Å². The van der Waals surface area contributed by atoms with Crippen LogP contribution in [0.15, 0.2) is 60.7 Å². The highest BCUT2D eigenvalue weighted by Gasteiger charge is 2.13. The fourth-order valence-corrected chi connectivity index (χ4v) is 3.19. The van der Waals surface area contributed by atoms with Crippen molar-refractivity contribution in [2.75, 3.05) is 0 Å². The van der Waals surface area contributed by atoms with Gasteiger partial charge in [0.25, 0.3) is 0 Å². The van der Waals surface area contributed by atoms with Gasteiger partial charge in [0.1, 0.15) is 0 Å². The number of hydrogen-bond donors (Lipinski definition) is 1. The van der Waals surface area contributed by atoms with Crippen LogP contribution in [0.2, 0.25) is 0 Å². The summed E-state index contributed by atoms with van der Waals surface area (Å²) in [5.41, 5.74) is 10.1. The van der Waals surface area contributed by atoms with Gasteiger partial charge in [0.2, 0.25) is 0 Å². The van der Waals surface area contributed by atoms with Gasteiger partial charge >= 0.3 is 0 Å². The van der Waals surface area contributed by atoms with E-state index in [0.717, 1.165) is 5.56 Å². The van der Waals surface area contributed by atoms with Gasteiger partial charge in [-0.2, -0.15) is 0 Å². The first kappa shape index (κ1) is 13.6. The highest BCUT2D eigenvalue weighted by molar-refractivity contribution is 14.1. The molecule has 0 radical (unpaired) electrons. The third-order valence-electron chi connectivity index (χ3n) is 3.72. The average molecular weight is 373 g/mol. The monoisotopic (exact) mass is 373 g/mol. The minimum absolute atomic E-state index is 0.0878. The number of nitrogens with two attached hydrogens (primary N) is 1. The molecule has 0 amide bonds. The van der Waals surface area contributed by atoms with Crippen molar-refractivity contribution in [3.63, 3.8) is 0 Å². The molecule has 1 atom stereocenters. The van der Waals surface area contributed by atoms with Gasteiger partial charge in [0, 0.05) is 3.57 Å². The van der Waals surface area contributed by atoms with Crippen LogP contribution in [-0.2, 0) is 0 Å². The number of rotatable bonds is 2. The third-order valence-corrected chi connectivity index (χ3v) is 4.39. The summed E-state index contributed by atoms with van der Waals surface area (Å²) in [6, 6.07) is 21.1. The molecule has 3 aromatic carbocycles. The van der Waals surface area contributed by atoms with Crippen LogP contribution in [0.4, 0.5) is 0 Å². The SMILES string of the molecule is Cc1ccc(C(N)c2cccc(I)c2)c2ccccc12. The number of fused-ring (bicyclic) bond motifs is 1. The largest absolute Gasteiger partial charge is 0.320 e. The minimum Gasteiger partial charge on any atom is -0.320 e. The summed E-state index contributed by atoms with van der Waals surface area (Å²) in [6.07, 6.45) is 0. The predicted octanol–water partition coefficient (Wildman–Crippen LogP) is 4.80. The summed E-state index contributed by atoms with van der Waals surface area (Å²) in [5.74, 6) is 0. The molecule has 0 saturated carbocycles. The topological polar surface area (TPSA) is 26.0 Å². The van der Waals surface area contributed by atoms with E-state index in [-0.39, 0.29) is 6.04 Å². The van der Waals surface area contributed by atoms with Gasteiger partial charge in [0.05, 0.1) is 6.04 Å². The van der Waals surface area contributed by atoms with E-state index in [2.05, 4.69) is 90.2 Å². The van der Waals surface area contributed by atoms with Crippen molar-refractivity contribution >= 4 is 33.4 Å². The first-order valence-electron chi connectivity index (χ1n) is 6.66. The van der Waals surface area contributed by atoms with E-state index in [4.69, 9.17) is 5.73 Å². The molecule has 0 heterocycles. The van der Waals surface area contributed by atoms with E-state index in [1.807, 2.05) is 0 Å². The van der Waals surface area contributed by atoms with Crippen molar-refractivity contribution in [1.29, 1.82) is 0 Å². The van der Waals surface area contributed by atoms with Crippen molar-refractivity contribution < 1.29 is 0 Å². The van der Waals surface area contributed by atoms with Crippen LogP contribution in [0.5, 0.6) is 0 Å². The highest BCUT2D eigenvalue weighted by atomic mass is 127. The quantitative estimate of drug-likeness (QED) is 0.642. The number of hydrogen-bond acceptors (Lipinski definition) is 1. The van der Waals surface area contributed by atoms with Crippen LogP contribution < -0.4 is 5.73 Å². The van der Waals surface area contributed by atoms with Gasteiger partial charge in [0.15, 0.2) is 0 Å². The normalized spacial score (nSPS) is 12.6. The first-order valence-corrected chi connectivity index (χ1v) is 7.74. The van der Waals surface area contributed by atoms with E-state index in [9.17, 15) is 0 Å². The molecule has 100 valence electrons. The van der Waals surface area contributed by atoms with Gasteiger partial charge in [-0.25, -0.2) is 0 Å². The standard InChI is InChI=1S/C18H16IN/c1-12-9-10-17(16-8-3-2-7-15(12)16)18(20)13-5-4-6-14(19)11-13/h2-11,18H,20H2,1H3. The van der Waals surface area contributed by atoms with Gasteiger partial charge in [-0.3, -0.25) is 0 Å². The van der Waals surface area contributed by atoms with E-state index in [0.29, 0.717) is 0 Å². The maximum absolute atomic E-state index is 6.50. The number of aryl methyl sites for hydroxylation is 1. The summed E-state index contributed by atoms with van der Waals surface area (Å²) in [6.45, 7) is 2.14. The fraction of sp³-hybridized carbons (Fsp3) is 0.111. The lowest BCUT2D eigenvalue weighted by molar-refractivity contribution is 0.879. The van der Waals surface area contributed by atoms with E-state index < -0.39 is 0 Å². The maximum atomic E-state index is 6.50. The zero-order valence-corrected chi connectivity index (χ0v) is 13.5. The molecule has 3 aromatic rings. The summed E-state index contributed by atoms with van der Waals surface area (Å²) in [5, 5.41) is 2.53. The zero-order valence-electron chi connectivity index (χ0n) is 11.3. The lowest BCUT2D eigenvalue weighted by Crippen LogP contribution is -2.12. The fourth-order valence-electron chi connectivity index (χ4n) is 2.62. The van der Waals surface area contributed by atoms with Gasteiger partial charge in [-0.05, 0) is 69.1 Å². The van der Waals surface area contributed by atoms with Crippen molar-refractivity contribution in [2.45, 2.75) is 13.0 Å². The Kier molecular flexibility index (Phi) is 3.76. The molecule has 0 aliphatic rings. The van der Waals surface area contributed by atoms with Crippen molar-refractivity contribution in [3.05, 3.63) is 80.9 Å². The Hall–Kier alpha value is -1.39. The second-order valence-corrected chi connectivity index (χ2v) is 6.30. The molecule has 0 aliphatic carbocycles. The molecule has 3 rings (SSSR count). The zero-order chi connectivity index (χ0) is 14.1. The Morgan fingerprint density at radius 3 is 2.40 bits per heavy atom. The molecule has 0 aliphatic heterocycles. The molecule has 20 heavy (non-hydrogen) atoms. The van der Waals surface area contributed by atoms with Gasteiger partial charge < -0.3 is 5.73 Å². The third kappa shape index (κ3) is 2.45. The summed E-state index contributed by atoms with van der Waals surface area (Å²) >= 11 is 2.33. The van der Waals surface area contributed by atoms with Crippen LogP contribution in [0, 0.1) is 10.5 Å². The Morgan fingerprint density at radius 2 is 1.65 bits per heavy atom. The van der Waals surface area contributed by atoms with E-state index in [1.165, 1.54) is 25.5 Å². The molecule has 2 N–H and O–H groups in total. The van der Waals surface area contributed by atoms with Gasteiger partial charge in [-0.1, -0.05) is 48.5 Å². The van der Waals surface area contributed by atoms with Crippen LogP contribution >= 0.6 is 22.6 Å². The van der Waals surface area contributed by atoms with Crippen LogP contribution in [0.3, 0.4) is 0 Å². The van der Waals surface area contributed by atoms with Crippen molar-refractivity contribution in [3.8, 4) is 0 Å². The molecule has 0 bridgehead atoms. The summed E-state index contributed by atoms with van der Waals surface area (Å²) < 4.78 is 1.21. The smallest absolute Gasteiger partial charge is 0.0558 e. The Bertz CT molecular complexity index is 764. The number of halogens is 1. The molecule has 0 spiro atoms. The van der Waals surface area contributed by atoms with E-state index in [1.54, 1.807) is 0 Å². The summed E-state index contributed by atoms with van der Waals surface area (Å²) in [4.78, 5) is 0. The molecule has 1 nitrogen and oxygen atoms in total. The molecule has 0 fully saturated rings. The Balaban J connectivity index is 2.17. The lowest BCUT2D eigenvalue weighted by Gasteiger charge is -2.16. The average Bonchev–Trinajstić information content (AvgIpc) is 2.47. The van der Waals surface area contributed by atoms with Crippen LogP contribution in [-0.4, -0.2) is 0 Å². The molecule has 0 saturated heterocycles. The molecular formula is C18H16IN.